The van der Waals surface area contributed by atoms with Gasteiger partial charge in [0.2, 0.25) is 0 Å². The Balaban J connectivity index is 1.70. The van der Waals surface area contributed by atoms with E-state index in [9.17, 15) is 4.79 Å². The molecule has 1 N–H and O–H groups in total. The Labute approximate surface area is 107 Å². The summed E-state index contributed by atoms with van der Waals surface area (Å²) in [4.78, 5) is 18.3. The van der Waals surface area contributed by atoms with Gasteiger partial charge in [-0.15, -0.1) is 0 Å². The molecule has 1 aromatic rings. The number of hydrogen-bond donors (Lipinski definition) is 1. The van der Waals surface area contributed by atoms with Crippen LogP contribution >= 0.6 is 0 Å². The number of carbonyl (C=O) groups is 1. The number of nitrogens with zero attached hydrogens (tertiary/aromatic N) is 3. The second-order valence-electron chi connectivity index (χ2n) is 5.60. The molecule has 18 heavy (non-hydrogen) atoms. The van der Waals surface area contributed by atoms with E-state index in [1.165, 1.54) is 12.8 Å². The average Bonchev–Trinajstić information content (AvgIpc) is 2.94. The van der Waals surface area contributed by atoms with Crippen molar-refractivity contribution in [2.45, 2.75) is 43.8 Å². The number of carbonyl (C=O) groups excluding carboxylic acids is 1. The van der Waals surface area contributed by atoms with Crippen LogP contribution in [0, 0.1) is 0 Å². The Bertz CT molecular complexity index is 444. The lowest BCUT2D eigenvalue weighted by molar-refractivity contribution is 0.0676. The van der Waals surface area contributed by atoms with Crippen LogP contribution in [0.15, 0.2) is 12.5 Å². The van der Waals surface area contributed by atoms with Gasteiger partial charge in [-0.2, -0.15) is 0 Å². The number of hydrogen-bond acceptors (Lipinski definition) is 3. The molecule has 0 radical (unpaired) electrons. The first kappa shape index (κ1) is 11.7. The standard InChI is InChI=1S/C13H20N4O/c1-16-7-12(14-8-16)13(18)17(2)11-5-9-3-4-10(6-11)15-9/h7-11,15H,3-6H2,1-2H3. The normalized spacial score (nSPS) is 30.4. The van der Waals surface area contributed by atoms with Crippen molar-refractivity contribution >= 4 is 5.91 Å². The van der Waals surface area contributed by atoms with E-state index >= 15 is 0 Å². The van der Waals surface area contributed by atoms with Gasteiger partial charge in [0.1, 0.15) is 5.69 Å². The van der Waals surface area contributed by atoms with Crippen LogP contribution in [0.4, 0.5) is 0 Å². The summed E-state index contributed by atoms with van der Waals surface area (Å²) >= 11 is 0. The van der Waals surface area contributed by atoms with E-state index in [1.54, 1.807) is 12.5 Å². The minimum Gasteiger partial charge on any atom is -0.340 e. The molecule has 3 heterocycles. The van der Waals surface area contributed by atoms with Gasteiger partial charge < -0.3 is 14.8 Å². The van der Waals surface area contributed by atoms with Crippen LogP contribution in [-0.2, 0) is 7.05 Å². The number of aryl methyl sites for hydroxylation is 1. The highest BCUT2D eigenvalue weighted by Crippen LogP contribution is 2.29. The molecule has 2 fully saturated rings. The Morgan fingerprint density at radius 2 is 2.11 bits per heavy atom. The lowest BCUT2D eigenvalue weighted by atomic mass is 9.98. The summed E-state index contributed by atoms with van der Waals surface area (Å²) < 4.78 is 1.81. The van der Waals surface area contributed by atoms with Crippen LogP contribution in [0.5, 0.6) is 0 Å². The Kier molecular flexibility index (Phi) is 2.86. The zero-order valence-corrected chi connectivity index (χ0v) is 11.0. The van der Waals surface area contributed by atoms with Crippen molar-refractivity contribution in [1.82, 2.24) is 19.8 Å². The van der Waals surface area contributed by atoms with E-state index < -0.39 is 0 Å². The Morgan fingerprint density at radius 1 is 1.44 bits per heavy atom. The van der Waals surface area contributed by atoms with E-state index in [2.05, 4.69) is 10.3 Å². The molecule has 5 heteroatoms. The molecular formula is C13H20N4O. The minimum atomic E-state index is 0.0434. The van der Waals surface area contributed by atoms with Gasteiger partial charge in [-0.05, 0) is 25.7 Å². The molecule has 3 rings (SSSR count). The summed E-state index contributed by atoms with van der Waals surface area (Å²) in [5.74, 6) is 0.0434. The van der Waals surface area contributed by atoms with Crippen LogP contribution in [0.2, 0.25) is 0 Å². The molecule has 2 atom stereocenters. The largest absolute Gasteiger partial charge is 0.340 e. The maximum atomic E-state index is 12.3. The molecule has 0 spiro atoms. The van der Waals surface area contributed by atoms with Crippen LogP contribution in [-0.4, -0.2) is 45.5 Å². The van der Waals surface area contributed by atoms with Gasteiger partial charge in [0, 0.05) is 38.4 Å². The van der Waals surface area contributed by atoms with E-state index in [4.69, 9.17) is 0 Å². The van der Waals surface area contributed by atoms with Crippen molar-refractivity contribution in [2.75, 3.05) is 7.05 Å². The summed E-state index contributed by atoms with van der Waals surface area (Å²) in [6, 6.07) is 1.57. The van der Waals surface area contributed by atoms with Crippen molar-refractivity contribution in [3.05, 3.63) is 18.2 Å². The van der Waals surface area contributed by atoms with E-state index in [1.807, 2.05) is 23.6 Å². The second kappa shape index (κ2) is 4.39. The molecule has 2 bridgehead atoms. The van der Waals surface area contributed by atoms with E-state index in [0.717, 1.165) is 12.8 Å². The van der Waals surface area contributed by atoms with Crippen molar-refractivity contribution in [2.24, 2.45) is 7.05 Å². The zero-order chi connectivity index (χ0) is 12.7. The zero-order valence-electron chi connectivity index (χ0n) is 11.0. The smallest absolute Gasteiger partial charge is 0.274 e. The number of piperidine rings is 1. The first-order chi connectivity index (χ1) is 8.63. The third-order valence-electron chi connectivity index (χ3n) is 4.24. The molecule has 2 aliphatic rings. The van der Waals surface area contributed by atoms with E-state index in [0.29, 0.717) is 23.8 Å². The molecule has 5 nitrogen and oxygen atoms in total. The molecule has 2 aliphatic heterocycles. The van der Waals surface area contributed by atoms with Gasteiger partial charge in [-0.25, -0.2) is 4.98 Å². The number of imidazole rings is 1. The van der Waals surface area contributed by atoms with Crippen molar-refractivity contribution in [3.63, 3.8) is 0 Å². The maximum Gasteiger partial charge on any atom is 0.274 e. The topological polar surface area (TPSA) is 50.2 Å². The highest BCUT2D eigenvalue weighted by molar-refractivity contribution is 5.92. The van der Waals surface area contributed by atoms with Crippen LogP contribution in [0.3, 0.4) is 0 Å². The van der Waals surface area contributed by atoms with Crippen molar-refractivity contribution in [1.29, 1.82) is 0 Å². The quantitative estimate of drug-likeness (QED) is 0.841. The van der Waals surface area contributed by atoms with Gasteiger partial charge in [0.15, 0.2) is 0 Å². The van der Waals surface area contributed by atoms with Gasteiger partial charge in [-0.1, -0.05) is 0 Å². The molecular weight excluding hydrogens is 228 g/mol. The predicted molar refractivity (Wildman–Crippen MR) is 68.3 cm³/mol. The van der Waals surface area contributed by atoms with Gasteiger partial charge in [0.25, 0.3) is 5.91 Å². The highest BCUT2D eigenvalue weighted by Gasteiger charge is 2.36. The summed E-state index contributed by atoms with van der Waals surface area (Å²) in [6.07, 6.45) is 8.12. The first-order valence-corrected chi connectivity index (χ1v) is 6.64. The number of aromatic nitrogens is 2. The van der Waals surface area contributed by atoms with Crippen LogP contribution in [0.1, 0.15) is 36.2 Å². The Hall–Kier alpha value is -1.36. The lowest BCUT2D eigenvalue weighted by Gasteiger charge is -2.35. The maximum absolute atomic E-state index is 12.3. The summed E-state index contributed by atoms with van der Waals surface area (Å²) in [7, 11) is 3.79. The van der Waals surface area contributed by atoms with Crippen LogP contribution in [0.25, 0.3) is 0 Å². The average molecular weight is 248 g/mol. The third-order valence-corrected chi connectivity index (χ3v) is 4.24. The summed E-state index contributed by atoms with van der Waals surface area (Å²) in [5.41, 5.74) is 0.547. The molecule has 0 saturated carbocycles. The monoisotopic (exact) mass is 248 g/mol. The molecule has 1 aromatic heterocycles. The fourth-order valence-electron chi connectivity index (χ4n) is 3.21. The lowest BCUT2D eigenvalue weighted by Crippen LogP contribution is -2.48. The molecule has 2 saturated heterocycles. The van der Waals surface area contributed by atoms with Crippen molar-refractivity contribution in [3.8, 4) is 0 Å². The number of fused-ring (bicyclic) bond motifs is 2. The van der Waals surface area contributed by atoms with Gasteiger partial charge in [0.05, 0.1) is 6.33 Å². The number of nitrogens with one attached hydrogen (secondary N) is 1. The molecule has 1 amide bonds. The molecule has 2 unspecified atom stereocenters. The highest BCUT2D eigenvalue weighted by atomic mass is 16.2. The minimum absolute atomic E-state index is 0.0434. The van der Waals surface area contributed by atoms with Gasteiger partial charge in [-0.3, -0.25) is 4.79 Å². The number of amides is 1. The summed E-state index contributed by atoms with van der Waals surface area (Å²) in [5, 5.41) is 3.60. The van der Waals surface area contributed by atoms with Gasteiger partial charge >= 0.3 is 0 Å². The predicted octanol–water partition coefficient (Wildman–Crippen LogP) is 0.775. The van der Waals surface area contributed by atoms with Crippen molar-refractivity contribution < 1.29 is 4.79 Å². The summed E-state index contributed by atoms with van der Waals surface area (Å²) in [6.45, 7) is 0. The fraction of sp³-hybridized carbons (Fsp3) is 0.692. The van der Waals surface area contributed by atoms with E-state index in [-0.39, 0.29) is 5.91 Å². The van der Waals surface area contributed by atoms with Crippen LogP contribution < -0.4 is 5.32 Å². The molecule has 0 aliphatic carbocycles. The first-order valence-electron chi connectivity index (χ1n) is 6.64. The SMILES string of the molecule is CN(C(=O)c1cn(C)cn1)C1CC2CCC(C1)N2. The number of rotatable bonds is 2. The third kappa shape index (κ3) is 2.03. The second-order valence-corrected chi connectivity index (χ2v) is 5.60. The molecule has 0 aromatic carbocycles. The fourth-order valence-corrected chi connectivity index (χ4v) is 3.21. The Morgan fingerprint density at radius 3 is 2.67 bits per heavy atom. The molecule has 98 valence electrons.